The number of methoxy groups -OCH3 is 1. The van der Waals surface area contributed by atoms with E-state index in [1.54, 1.807) is 43.4 Å². The van der Waals surface area contributed by atoms with Crippen molar-refractivity contribution in [1.82, 2.24) is 5.32 Å². The first-order chi connectivity index (χ1) is 16.0. The van der Waals surface area contributed by atoms with Crippen LogP contribution in [0.4, 0.5) is 0 Å². The summed E-state index contributed by atoms with van der Waals surface area (Å²) < 4.78 is 5.28. The first-order valence-corrected chi connectivity index (χ1v) is 11.4. The minimum absolute atomic E-state index is 0.0515. The zero-order chi connectivity index (χ0) is 25.6. The maximum atomic E-state index is 12.6. The minimum Gasteiger partial charge on any atom is -0.491 e. The van der Waals surface area contributed by atoms with Crippen molar-refractivity contribution in [2.24, 2.45) is 0 Å². The topological polar surface area (TPSA) is 78.8 Å². The molecule has 0 aromatic rings. The molecule has 3 atom stereocenters. The van der Waals surface area contributed by atoms with E-state index in [1.165, 1.54) is 13.2 Å². The van der Waals surface area contributed by atoms with Crippen LogP contribution in [0, 0.1) is 0 Å². The van der Waals surface area contributed by atoms with Gasteiger partial charge in [0.1, 0.15) is 11.7 Å². The summed E-state index contributed by atoms with van der Waals surface area (Å²) in [6.07, 6.45) is 24.9. The second kappa shape index (κ2) is 14.9. The number of amides is 1. The van der Waals surface area contributed by atoms with Gasteiger partial charge in [0, 0.05) is 6.04 Å². The summed E-state index contributed by atoms with van der Waals surface area (Å²) in [6.45, 7) is 9.35. The summed E-state index contributed by atoms with van der Waals surface area (Å²) in [4.78, 5) is 12.6. The maximum Gasteiger partial charge on any atom is 0.286 e. The van der Waals surface area contributed by atoms with E-state index in [2.05, 4.69) is 11.4 Å². The van der Waals surface area contributed by atoms with Gasteiger partial charge in [-0.3, -0.25) is 4.79 Å². The number of ether oxygens (including phenoxy) is 1. The molecule has 5 heteroatoms. The summed E-state index contributed by atoms with van der Waals surface area (Å²) in [5.41, 5.74) is 1.54. The molecule has 0 spiro atoms. The van der Waals surface area contributed by atoms with Crippen LogP contribution in [0.3, 0.4) is 0 Å². The highest BCUT2D eigenvalue weighted by atomic mass is 16.5. The molecule has 34 heavy (non-hydrogen) atoms. The van der Waals surface area contributed by atoms with Gasteiger partial charge in [0.2, 0.25) is 0 Å². The molecule has 0 radical (unpaired) electrons. The lowest BCUT2D eigenvalue weighted by atomic mass is 9.98. The Morgan fingerprint density at radius 3 is 2.35 bits per heavy atom. The lowest BCUT2D eigenvalue weighted by Crippen LogP contribution is -2.35. The highest BCUT2D eigenvalue weighted by Crippen LogP contribution is 2.14. The molecule has 3 N–H and O–H groups in total. The molecule has 0 saturated carbocycles. The maximum absolute atomic E-state index is 12.6. The zero-order valence-corrected chi connectivity index (χ0v) is 21.2. The number of carbonyl (C=O) groups is 1. The van der Waals surface area contributed by atoms with E-state index in [0.717, 1.165) is 16.7 Å². The Balaban J connectivity index is 3.21. The Bertz CT molecular complexity index is 953. The fourth-order valence-electron chi connectivity index (χ4n) is 2.86. The molecule has 0 aromatic carbocycles. The highest BCUT2D eigenvalue weighted by Gasteiger charge is 2.24. The van der Waals surface area contributed by atoms with Gasteiger partial charge >= 0.3 is 0 Å². The number of carbonyl (C=O) groups excluding carboxylic acids is 1. The predicted octanol–water partition coefficient (Wildman–Crippen LogP) is 5.16. The van der Waals surface area contributed by atoms with Crippen molar-refractivity contribution in [1.29, 1.82) is 0 Å². The Kier molecular flexibility index (Phi) is 12.6. The first-order valence-electron chi connectivity index (χ1n) is 11.4. The normalized spacial score (nSPS) is 26.1. The van der Waals surface area contributed by atoms with Crippen molar-refractivity contribution >= 4 is 5.91 Å². The molecule has 0 saturated heterocycles. The van der Waals surface area contributed by atoms with Crippen LogP contribution in [-0.2, 0) is 9.53 Å². The number of rotatable bonds is 1. The lowest BCUT2D eigenvalue weighted by molar-refractivity contribution is -0.121. The van der Waals surface area contributed by atoms with Crippen molar-refractivity contribution in [2.75, 3.05) is 7.11 Å². The fraction of sp³-hybridized carbons (Fsp3) is 0.345. The zero-order valence-electron chi connectivity index (χ0n) is 21.2. The number of aliphatic hydroxyl groups excluding tert-OH is 1. The lowest BCUT2D eigenvalue weighted by Gasteiger charge is -2.22. The molecule has 1 amide bonds. The molecule has 184 valence electrons. The number of allylic oxidation sites excluding steroid dienone is 14. The molecule has 1 aliphatic heterocycles. The summed E-state index contributed by atoms with van der Waals surface area (Å²) in [6, 6.07) is -0.0515. The van der Waals surface area contributed by atoms with Gasteiger partial charge in [0.15, 0.2) is 5.76 Å². The number of aliphatic hydroxyl groups is 2. The standard InChI is InChI=1S/C29H39NO4/c1-22-13-9-10-17-27(31)29(5,33)20-11-7-8-14-24(3)21-26(34-6)28(32)30-25(4)19-18-23(2)16-12-15-22/h7-18,20-21,25,27,31,33H,19H2,1-6H3,(H,30,32)/t25-,27-,29+/m0/s1. The van der Waals surface area contributed by atoms with Gasteiger partial charge in [-0.2, -0.15) is 0 Å². The second-order valence-corrected chi connectivity index (χ2v) is 8.61. The van der Waals surface area contributed by atoms with Crippen molar-refractivity contribution in [3.63, 3.8) is 0 Å². The van der Waals surface area contributed by atoms with Crippen molar-refractivity contribution in [3.8, 4) is 0 Å². The van der Waals surface area contributed by atoms with Crippen LogP contribution in [0.25, 0.3) is 0 Å². The van der Waals surface area contributed by atoms with Crippen molar-refractivity contribution < 1.29 is 19.7 Å². The van der Waals surface area contributed by atoms with E-state index in [9.17, 15) is 15.0 Å². The average Bonchev–Trinajstić information content (AvgIpc) is 2.77. The Morgan fingerprint density at radius 1 is 0.971 bits per heavy atom. The molecule has 0 unspecified atom stereocenters. The van der Waals surface area contributed by atoms with Crippen LogP contribution >= 0.6 is 0 Å². The number of hydrogen-bond donors (Lipinski definition) is 3. The fourth-order valence-corrected chi connectivity index (χ4v) is 2.86. The van der Waals surface area contributed by atoms with E-state index in [4.69, 9.17) is 4.74 Å². The molecule has 1 heterocycles. The van der Waals surface area contributed by atoms with E-state index in [-0.39, 0.29) is 17.7 Å². The van der Waals surface area contributed by atoms with Crippen LogP contribution in [0.1, 0.15) is 41.0 Å². The third kappa shape index (κ3) is 11.6. The van der Waals surface area contributed by atoms with Crippen LogP contribution in [0.15, 0.2) is 108 Å². The van der Waals surface area contributed by atoms with Crippen LogP contribution in [-0.4, -0.2) is 41.0 Å². The second-order valence-electron chi connectivity index (χ2n) is 8.61. The van der Waals surface area contributed by atoms with E-state index >= 15 is 0 Å². The molecule has 1 rings (SSSR count). The Morgan fingerprint density at radius 2 is 1.65 bits per heavy atom. The van der Waals surface area contributed by atoms with Gasteiger partial charge in [0.05, 0.1) is 7.11 Å². The van der Waals surface area contributed by atoms with Gasteiger partial charge in [-0.15, -0.1) is 0 Å². The van der Waals surface area contributed by atoms with Crippen molar-refractivity contribution in [2.45, 2.75) is 58.8 Å². The summed E-state index contributed by atoms with van der Waals surface area (Å²) in [5.74, 6) is -0.0442. The SMILES string of the molecule is COC1=CC(C)=CC=CC=C[C@@](C)(O)[C@@H](O)C=CC=CC(C)=CC=CC(C)=CC[C@H](C)NC1=O. The predicted molar refractivity (Wildman–Crippen MR) is 141 cm³/mol. The van der Waals surface area contributed by atoms with Crippen LogP contribution in [0.5, 0.6) is 0 Å². The first kappa shape index (κ1) is 28.9. The quantitative estimate of drug-likeness (QED) is 0.500. The molecular formula is C29H39NO4. The molecule has 0 aliphatic carbocycles. The summed E-state index contributed by atoms with van der Waals surface area (Å²) in [7, 11) is 1.47. The average molecular weight is 466 g/mol. The Hall–Kier alpha value is -3.15. The number of hydrogen-bond acceptors (Lipinski definition) is 4. The third-order valence-corrected chi connectivity index (χ3v) is 5.07. The summed E-state index contributed by atoms with van der Waals surface area (Å²) >= 11 is 0. The van der Waals surface area contributed by atoms with Gasteiger partial charge in [-0.05, 0) is 52.7 Å². The molecule has 0 aromatic heterocycles. The molecule has 5 nitrogen and oxygen atoms in total. The molecular weight excluding hydrogens is 426 g/mol. The van der Waals surface area contributed by atoms with Gasteiger partial charge in [0.25, 0.3) is 5.91 Å². The largest absolute Gasteiger partial charge is 0.491 e. The Labute approximate surface area is 204 Å². The monoisotopic (exact) mass is 465 g/mol. The third-order valence-electron chi connectivity index (χ3n) is 5.07. The van der Waals surface area contributed by atoms with Crippen LogP contribution < -0.4 is 5.32 Å². The molecule has 1 aliphatic rings. The smallest absolute Gasteiger partial charge is 0.286 e. The minimum atomic E-state index is -1.42. The summed E-state index contributed by atoms with van der Waals surface area (Å²) in [5, 5.41) is 23.7. The van der Waals surface area contributed by atoms with E-state index < -0.39 is 11.7 Å². The molecule has 0 fully saturated rings. The van der Waals surface area contributed by atoms with Crippen molar-refractivity contribution in [3.05, 3.63) is 108 Å². The molecule has 0 bridgehead atoms. The van der Waals surface area contributed by atoms with E-state index in [1.807, 2.05) is 64.2 Å². The van der Waals surface area contributed by atoms with Gasteiger partial charge in [-0.25, -0.2) is 0 Å². The van der Waals surface area contributed by atoms with Gasteiger partial charge < -0.3 is 20.3 Å². The van der Waals surface area contributed by atoms with E-state index in [0.29, 0.717) is 6.42 Å². The number of nitrogens with one attached hydrogen (secondary N) is 1. The van der Waals surface area contributed by atoms with Gasteiger partial charge in [-0.1, -0.05) is 90.1 Å². The highest BCUT2D eigenvalue weighted by molar-refractivity contribution is 5.92. The van der Waals surface area contributed by atoms with Crippen LogP contribution in [0.2, 0.25) is 0 Å².